The fraction of sp³-hybridized carbons (Fsp3) is 0.500. The smallest absolute Gasteiger partial charge is 0.159 e. The Morgan fingerprint density at radius 3 is 2.69 bits per heavy atom. The van der Waals surface area contributed by atoms with Gasteiger partial charge in [0.25, 0.3) is 0 Å². The van der Waals surface area contributed by atoms with E-state index in [4.69, 9.17) is 0 Å². The Morgan fingerprint density at radius 2 is 2.00 bits per heavy atom. The second-order valence-corrected chi connectivity index (χ2v) is 5.48. The molecule has 0 saturated heterocycles. The van der Waals surface area contributed by atoms with Gasteiger partial charge in [0.1, 0.15) is 0 Å². The van der Waals surface area contributed by atoms with Crippen molar-refractivity contribution in [1.82, 2.24) is 5.32 Å². The van der Waals surface area contributed by atoms with Gasteiger partial charge in [0.15, 0.2) is 11.6 Å². The average Bonchev–Trinajstić information content (AvgIpc) is 2.52. The first-order chi connectivity index (χ1) is 7.63. The van der Waals surface area contributed by atoms with Gasteiger partial charge in [0, 0.05) is 16.2 Å². The van der Waals surface area contributed by atoms with Crippen molar-refractivity contribution >= 4 is 11.8 Å². The first kappa shape index (κ1) is 11.9. The summed E-state index contributed by atoms with van der Waals surface area (Å²) in [4.78, 5) is 0.861. The van der Waals surface area contributed by atoms with E-state index in [9.17, 15) is 8.78 Å². The van der Waals surface area contributed by atoms with Crippen molar-refractivity contribution in [2.75, 3.05) is 6.54 Å². The van der Waals surface area contributed by atoms with E-state index in [2.05, 4.69) is 19.2 Å². The van der Waals surface area contributed by atoms with Crippen LogP contribution in [0.1, 0.15) is 31.9 Å². The number of rotatable bonds is 3. The van der Waals surface area contributed by atoms with Gasteiger partial charge in [-0.25, -0.2) is 8.78 Å². The van der Waals surface area contributed by atoms with Crippen molar-refractivity contribution in [3.05, 3.63) is 29.3 Å². The molecule has 2 unspecified atom stereocenters. The van der Waals surface area contributed by atoms with Crippen LogP contribution in [0.15, 0.2) is 17.0 Å². The van der Waals surface area contributed by atoms with Crippen LogP contribution in [0.25, 0.3) is 0 Å². The minimum absolute atomic E-state index is 0.134. The van der Waals surface area contributed by atoms with Crippen molar-refractivity contribution in [2.45, 2.75) is 36.5 Å². The monoisotopic (exact) mass is 243 g/mol. The van der Waals surface area contributed by atoms with E-state index in [1.54, 1.807) is 11.8 Å². The van der Waals surface area contributed by atoms with Gasteiger partial charge < -0.3 is 5.32 Å². The molecule has 2 rings (SSSR count). The molecule has 4 heteroatoms. The molecule has 1 aliphatic rings. The molecule has 0 amide bonds. The topological polar surface area (TPSA) is 12.0 Å². The molecule has 16 heavy (non-hydrogen) atoms. The molecule has 0 fully saturated rings. The highest BCUT2D eigenvalue weighted by atomic mass is 32.2. The van der Waals surface area contributed by atoms with Gasteiger partial charge in [-0.15, -0.1) is 11.8 Å². The average molecular weight is 243 g/mol. The maximum Gasteiger partial charge on any atom is 0.159 e. The van der Waals surface area contributed by atoms with Crippen LogP contribution in [0.4, 0.5) is 8.78 Å². The number of thioether (sulfide) groups is 1. The summed E-state index contributed by atoms with van der Waals surface area (Å²) < 4.78 is 26.3. The molecule has 1 aliphatic heterocycles. The normalized spacial score (nSPS) is 23.5. The van der Waals surface area contributed by atoms with Gasteiger partial charge in [0.05, 0.1) is 0 Å². The molecule has 1 N–H and O–H groups in total. The lowest BCUT2D eigenvalue weighted by Crippen LogP contribution is -2.26. The summed E-state index contributed by atoms with van der Waals surface area (Å²) in [6.07, 6.45) is 1.03. The second kappa shape index (κ2) is 4.72. The zero-order chi connectivity index (χ0) is 11.7. The Kier molecular flexibility index (Phi) is 3.50. The Balaban J connectivity index is 2.29. The predicted molar refractivity (Wildman–Crippen MR) is 62.7 cm³/mol. The van der Waals surface area contributed by atoms with E-state index < -0.39 is 11.6 Å². The lowest BCUT2D eigenvalue weighted by Gasteiger charge is -2.17. The molecule has 2 atom stereocenters. The Hall–Kier alpha value is -0.610. The summed E-state index contributed by atoms with van der Waals surface area (Å²) in [6.45, 7) is 5.06. The minimum atomic E-state index is -0.755. The second-order valence-electron chi connectivity index (χ2n) is 4.06. The fourth-order valence-corrected chi connectivity index (χ4v) is 3.26. The summed E-state index contributed by atoms with van der Waals surface area (Å²) in [5, 5.41) is 3.70. The molecule has 1 aromatic carbocycles. The number of halogens is 2. The van der Waals surface area contributed by atoms with Gasteiger partial charge in [-0.2, -0.15) is 0 Å². The summed E-state index contributed by atoms with van der Waals surface area (Å²) in [5.74, 6) is -1.51. The van der Waals surface area contributed by atoms with Crippen LogP contribution in [0.3, 0.4) is 0 Å². The lowest BCUT2D eigenvalue weighted by molar-refractivity contribution is 0.492. The highest BCUT2D eigenvalue weighted by Gasteiger charge is 2.30. The van der Waals surface area contributed by atoms with Gasteiger partial charge in [-0.05, 0) is 30.7 Å². The zero-order valence-corrected chi connectivity index (χ0v) is 10.2. The van der Waals surface area contributed by atoms with Crippen LogP contribution in [0.2, 0.25) is 0 Å². The van der Waals surface area contributed by atoms with Crippen LogP contribution in [0, 0.1) is 11.6 Å². The number of benzene rings is 1. The van der Waals surface area contributed by atoms with E-state index in [0.29, 0.717) is 5.25 Å². The molecular formula is C12H15F2NS. The van der Waals surface area contributed by atoms with Gasteiger partial charge >= 0.3 is 0 Å². The van der Waals surface area contributed by atoms with Crippen molar-refractivity contribution in [3.63, 3.8) is 0 Å². The predicted octanol–water partition coefficient (Wildman–Crippen LogP) is 3.50. The number of hydrogen-bond acceptors (Lipinski definition) is 2. The third-order valence-corrected chi connectivity index (χ3v) is 4.04. The standard InChI is InChI=1S/C12H15F2NS/c1-3-4-15-12-7(2)16-11-6-10(14)9(13)5-8(11)12/h5-7,12,15H,3-4H2,1-2H3. The Morgan fingerprint density at radius 1 is 1.31 bits per heavy atom. The molecule has 0 spiro atoms. The molecule has 0 bridgehead atoms. The van der Waals surface area contributed by atoms with E-state index in [1.165, 1.54) is 12.1 Å². The summed E-state index contributed by atoms with van der Waals surface area (Å²) >= 11 is 1.60. The Labute approximate surface area is 98.6 Å². The first-order valence-corrected chi connectivity index (χ1v) is 6.40. The molecule has 0 radical (unpaired) electrons. The number of nitrogens with one attached hydrogen (secondary N) is 1. The van der Waals surface area contributed by atoms with E-state index in [0.717, 1.165) is 23.4 Å². The van der Waals surface area contributed by atoms with Crippen molar-refractivity contribution in [3.8, 4) is 0 Å². The highest BCUT2D eigenvalue weighted by Crippen LogP contribution is 2.44. The first-order valence-electron chi connectivity index (χ1n) is 5.52. The van der Waals surface area contributed by atoms with Crippen LogP contribution in [-0.4, -0.2) is 11.8 Å². The zero-order valence-electron chi connectivity index (χ0n) is 9.39. The molecule has 1 aromatic rings. The molecular weight excluding hydrogens is 228 g/mol. The van der Waals surface area contributed by atoms with Crippen LogP contribution >= 0.6 is 11.8 Å². The molecule has 0 saturated carbocycles. The van der Waals surface area contributed by atoms with Crippen LogP contribution in [-0.2, 0) is 0 Å². The quantitative estimate of drug-likeness (QED) is 0.872. The van der Waals surface area contributed by atoms with Crippen LogP contribution in [0.5, 0.6) is 0 Å². The Bertz CT molecular complexity index is 395. The van der Waals surface area contributed by atoms with Gasteiger partial charge in [-0.1, -0.05) is 13.8 Å². The molecule has 1 heterocycles. The van der Waals surface area contributed by atoms with Gasteiger partial charge in [-0.3, -0.25) is 0 Å². The van der Waals surface area contributed by atoms with Crippen molar-refractivity contribution in [2.24, 2.45) is 0 Å². The van der Waals surface area contributed by atoms with E-state index in [1.807, 2.05) is 0 Å². The molecule has 0 aromatic heterocycles. The minimum Gasteiger partial charge on any atom is -0.309 e. The number of fused-ring (bicyclic) bond motifs is 1. The maximum atomic E-state index is 13.2. The molecule has 0 aliphatic carbocycles. The maximum absolute atomic E-state index is 13.2. The van der Waals surface area contributed by atoms with E-state index >= 15 is 0 Å². The summed E-state index contributed by atoms with van der Waals surface area (Å²) in [7, 11) is 0. The third kappa shape index (κ3) is 2.09. The van der Waals surface area contributed by atoms with Gasteiger partial charge in [0.2, 0.25) is 0 Å². The van der Waals surface area contributed by atoms with Crippen molar-refractivity contribution < 1.29 is 8.78 Å². The lowest BCUT2D eigenvalue weighted by atomic mass is 10.0. The van der Waals surface area contributed by atoms with Crippen molar-refractivity contribution in [1.29, 1.82) is 0 Å². The SMILES string of the molecule is CCCNC1c2cc(F)c(F)cc2SC1C. The molecule has 88 valence electrons. The summed E-state index contributed by atoms with van der Waals surface area (Å²) in [6, 6.07) is 2.77. The highest BCUT2D eigenvalue weighted by molar-refractivity contribution is 8.00. The van der Waals surface area contributed by atoms with E-state index in [-0.39, 0.29) is 6.04 Å². The summed E-state index contributed by atoms with van der Waals surface area (Å²) in [5.41, 5.74) is 0.893. The van der Waals surface area contributed by atoms with Crippen LogP contribution < -0.4 is 5.32 Å². The largest absolute Gasteiger partial charge is 0.309 e. The third-order valence-electron chi connectivity index (χ3n) is 2.78. The molecule has 1 nitrogen and oxygen atoms in total. The fourth-order valence-electron chi connectivity index (χ4n) is 1.99. The number of hydrogen-bond donors (Lipinski definition) is 1.